The number of esters is 1. The van der Waals surface area contributed by atoms with Crippen LogP contribution in [0.1, 0.15) is 62.9 Å². The second kappa shape index (κ2) is 10.9. The highest BCUT2D eigenvalue weighted by molar-refractivity contribution is 5.96. The number of allylic oxidation sites excluding steroid dienone is 2. The molecule has 1 N–H and O–H groups in total. The minimum atomic E-state index is -0.586. The van der Waals surface area contributed by atoms with Crippen LogP contribution in [0.15, 0.2) is 48.2 Å². The zero-order valence-electron chi connectivity index (χ0n) is 20.8. The van der Waals surface area contributed by atoms with Crippen LogP contribution in [0.3, 0.4) is 0 Å². The van der Waals surface area contributed by atoms with Gasteiger partial charge in [0.25, 0.3) is 5.91 Å². The molecule has 3 atom stereocenters. The number of nitrogens with zero attached hydrogens (tertiary/aromatic N) is 1. The second-order valence-corrected chi connectivity index (χ2v) is 9.85. The molecule has 7 nitrogen and oxygen atoms in total. The maximum Gasteiger partial charge on any atom is 0.412 e. The van der Waals surface area contributed by atoms with Crippen LogP contribution in [-0.2, 0) is 14.3 Å². The Morgan fingerprint density at radius 3 is 2.53 bits per heavy atom. The minimum Gasteiger partial charge on any atom is -0.466 e. The number of hydrogen-bond acceptors (Lipinski definition) is 5. The number of rotatable bonds is 5. The second-order valence-electron chi connectivity index (χ2n) is 9.85. The van der Waals surface area contributed by atoms with Crippen molar-refractivity contribution in [1.82, 2.24) is 10.2 Å². The minimum absolute atomic E-state index is 0.0628. The van der Waals surface area contributed by atoms with E-state index in [9.17, 15) is 14.4 Å². The molecule has 0 bridgehead atoms. The molecule has 1 aromatic rings. The Kier molecular flexibility index (Phi) is 8.18. The summed E-state index contributed by atoms with van der Waals surface area (Å²) in [4.78, 5) is 40.5. The summed E-state index contributed by atoms with van der Waals surface area (Å²) in [7, 11) is 0. The summed E-state index contributed by atoms with van der Waals surface area (Å²) >= 11 is 0. The third kappa shape index (κ3) is 6.27. The van der Waals surface area contributed by atoms with Gasteiger partial charge in [-0.05, 0) is 71.6 Å². The van der Waals surface area contributed by atoms with Crippen molar-refractivity contribution in [3.8, 4) is 0 Å². The molecule has 184 valence electrons. The largest absolute Gasteiger partial charge is 0.466 e. The Hall–Kier alpha value is -3.09. The van der Waals surface area contributed by atoms with E-state index in [2.05, 4.69) is 5.32 Å². The molecule has 1 fully saturated rings. The van der Waals surface area contributed by atoms with Crippen molar-refractivity contribution >= 4 is 18.0 Å². The molecule has 3 rings (SSSR count). The van der Waals surface area contributed by atoms with Gasteiger partial charge in [-0.1, -0.05) is 30.4 Å². The number of amides is 2. The summed E-state index contributed by atoms with van der Waals surface area (Å²) in [6.07, 6.45) is 7.22. The number of aryl methyl sites for hydroxylation is 1. The van der Waals surface area contributed by atoms with E-state index >= 15 is 0 Å². The predicted octanol–water partition coefficient (Wildman–Crippen LogP) is 4.76. The van der Waals surface area contributed by atoms with Gasteiger partial charge in [0.1, 0.15) is 5.60 Å². The first-order valence-corrected chi connectivity index (χ1v) is 12.0. The molecular weight excluding hydrogens is 432 g/mol. The molecule has 1 aliphatic carbocycles. The first kappa shape index (κ1) is 25.5. The zero-order valence-corrected chi connectivity index (χ0v) is 20.8. The van der Waals surface area contributed by atoms with Crippen LogP contribution in [0.2, 0.25) is 0 Å². The molecule has 1 aliphatic heterocycles. The van der Waals surface area contributed by atoms with Gasteiger partial charge in [0, 0.05) is 23.7 Å². The van der Waals surface area contributed by atoms with Crippen LogP contribution in [0.4, 0.5) is 4.79 Å². The van der Waals surface area contributed by atoms with Crippen LogP contribution in [-0.4, -0.2) is 47.7 Å². The molecular formula is C27H36N2O5. The van der Waals surface area contributed by atoms with Crippen molar-refractivity contribution in [1.29, 1.82) is 0 Å². The zero-order chi connectivity index (χ0) is 24.9. The van der Waals surface area contributed by atoms with Gasteiger partial charge in [-0.15, -0.1) is 0 Å². The maximum atomic E-state index is 13.6. The number of carbonyl (C=O) groups is 3. The van der Waals surface area contributed by atoms with Crippen molar-refractivity contribution in [2.75, 3.05) is 13.2 Å². The lowest BCUT2D eigenvalue weighted by atomic mass is 9.78. The van der Waals surface area contributed by atoms with Crippen molar-refractivity contribution < 1.29 is 23.9 Å². The fraction of sp³-hybridized carbons (Fsp3) is 0.519. The quantitative estimate of drug-likeness (QED) is 0.630. The number of alkyl carbamates (subject to hydrolysis) is 1. The van der Waals surface area contributed by atoms with Crippen molar-refractivity contribution in [3.05, 3.63) is 59.3 Å². The van der Waals surface area contributed by atoms with E-state index in [1.165, 1.54) is 0 Å². The predicted molar refractivity (Wildman–Crippen MR) is 130 cm³/mol. The average Bonchev–Trinajstić information content (AvgIpc) is 2.78. The standard InChI is InChI=1S/C27H36N2O5/c1-6-33-25(31)22-12-9-17-29(24(30)21-11-8-7-10-18(21)2)23(22)19-13-15-20(16-14-19)28-26(32)34-27(3,4)5/h7-8,10-11,13,15-16,19,22-23H,6,9,12,14,17H2,1-5H3,(H,28,32)/t19-,22?,23?/m1/s1. The Morgan fingerprint density at radius 1 is 1.18 bits per heavy atom. The van der Waals surface area contributed by atoms with E-state index in [1.54, 1.807) is 6.92 Å². The summed E-state index contributed by atoms with van der Waals surface area (Å²) in [5.74, 6) is -0.797. The van der Waals surface area contributed by atoms with E-state index in [0.29, 0.717) is 37.3 Å². The van der Waals surface area contributed by atoms with Crippen molar-refractivity contribution in [2.45, 2.75) is 65.5 Å². The lowest BCUT2D eigenvalue weighted by molar-refractivity contribution is -0.152. The number of nitrogens with one attached hydrogen (secondary N) is 1. The van der Waals surface area contributed by atoms with Crippen LogP contribution >= 0.6 is 0 Å². The monoisotopic (exact) mass is 468 g/mol. The number of benzene rings is 1. The lowest BCUT2D eigenvalue weighted by Crippen LogP contribution is -2.54. The van der Waals surface area contributed by atoms with Gasteiger partial charge < -0.3 is 14.4 Å². The summed E-state index contributed by atoms with van der Waals surface area (Å²) in [6, 6.07) is 7.21. The van der Waals surface area contributed by atoms with Gasteiger partial charge in [-0.2, -0.15) is 0 Å². The molecule has 0 radical (unpaired) electrons. The summed E-state index contributed by atoms with van der Waals surface area (Å²) in [5.41, 5.74) is 1.62. The number of likely N-dealkylation sites (tertiary alicyclic amines) is 1. The molecule has 0 aromatic heterocycles. The van der Waals surface area contributed by atoms with Crippen LogP contribution in [0.25, 0.3) is 0 Å². The SMILES string of the molecule is CCOC(=O)C1CCCN(C(=O)c2ccccc2C)C1[C@@H]1C=CC(NC(=O)OC(C)(C)C)=CC1. The molecule has 2 aliphatic rings. The molecule has 2 unspecified atom stereocenters. The first-order valence-electron chi connectivity index (χ1n) is 12.0. The number of hydrogen-bond donors (Lipinski definition) is 1. The van der Waals surface area contributed by atoms with E-state index in [1.807, 2.05) is 75.1 Å². The first-order chi connectivity index (χ1) is 16.1. The van der Waals surface area contributed by atoms with E-state index < -0.39 is 17.6 Å². The number of carbonyl (C=O) groups excluding carboxylic acids is 3. The number of ether oxygens (including phenoxy) is 2. The molecule has 1 saturated heterocycles. The van der Waals surface area contributed by atoms with Crippen molar-refractivity contribution in [2.24, 2.45) is 11.8 Å². The fourth-order valence-corrected chi connectivity index (χ4v) is 4.66. The number of piperidine rings is 1. The van der Waals surface area contributed by atoms with Crippen LogP contribution < -0.4 is 5.32 Å². The molecule has 1 aromatic carbocycles. The smallest absolute Gasteiger partial charge is 0.412 e. The Labute approximate surface area is 202 Å². The molecule has 1 heterocycles. The van der Waals surface area contributed by atoms with Crippen LogP contribution in [0.5, 0.6) is 0 Å². The summed E-state index contributed by atoms with van der Waals surface area (Å²) in [5, 5.41) is 2.76. The third-order valence-corrected chi connectivity index (χ3v) is 6.13. The summed E-state index contributed by atoms with van der Waals surface area (Å²) < 4.78 is 10.7. The summed E-state index contributed by atoms with van der Waals surface area (Å²) in [6.45, 7) is 10.0. The molecule has 0 spiro atoms. The highest BCUT2D eigenvalue weighted by Gasteiger charge is 2.43. The van der Waals surface area contributed by atoms with E-state index in [4.69, 9.17) is 9.47 Å². The van der Waals surface area contributed by atoms with E-state index in [-0.39, 0.29) is 23.8 Å². The maximum absolute atomic E-state index is 13.6. The average molecular weight is 469 g/mol. The molecule has 34 heavy (non-hydrogen) atoms. The van der Waals surface area contributed by atoms with Gasteiger partial charge in [0.2, 0.25) is 0 Å². The topological polar surface area (TPSA) is 84.9 Å². The molecule has 0 saturated carbocycles. The van der Waals surface area contributed by atoms with Gasteiger partial charge in [0.05, 0.1) is 18.6 Å². The van der Waals surface area contributed by atoms with Gasteiger partial charge in [-0.25, -0.2) is 4.79 Å². The molecule has 2 amide bonds. The fourth-order valence-electron chi connectivity index (χ4n) is 4.66. The highest BCUT2D eigenvalue weighted by atomic mass is 16.6. The van der Waals surface area contributed by atoms with Gasteiger partial charge in [-0.3, -0.25) is 14.9 Å². The van der Waals surface area contributed by atoms with Crippen molar-refractivity contribution in [3.63, 3.8) is 0 Å². The Morgan fingerprint density at radius 2 is 1.91 bits per heavy atom. The van der Waals surface area contributed by atoms with E-state index in [0.717, 1.165) is 12.0 Å². The van der Waals surface area contributed by atoms with Crippen LogP contribution in [0, 0.1) is 18.8 Å². The Balaban J connectivity index is 1.83. The lowest BCUT2D eigenvalue weighted by Gasteiger charge is -2.44. The molecule has 7 heteroatoms. The van der Waals surface area contributed by atoms with Gasteiger partial charge in [0.15, 0.2) is 0 Å². The highest BCUT2D eigenvalue weighted by Crippen LogP contribution is 2.35. The normalized spacial score (nSPS) is 22.6. The van der Waals surface area contributed by atoms with Gasteiger partial charge >= 0.3 is 12.1 Å². The third-order valence-electron chi connectivity index (χ3n) is 6.13. The Bertz CT molecular complexity index is 975.